The Morgan fingerprint density at radius 2 is 0.825 bits per heavy atom. The molecule has 1 unspecified atom stereocenters. The third kappa shape index (κ3) is 4.41. The molecule has 0 heterocycles. The van der Waals surface area contributed by atoms with Crippen LogP contribution in [0.5, 0.6) is 0 Å². The van der Waals surface area contributed by atoms with Gasteiger partial charge in [-0.2, -0.15) is 0 Å². The third-order valence-corrected chi connectivity index (χ3v) is 15.2. The largest absolute Gasteiger partial charge is 0.378 e. The first-order valence-corrected chi connectivity index (χ1v) is 16.5. The maximum absolute atomic E-state index is 2.94. The zero-order valence-electron chi connectivity index (χ0n) is 27.1. The molecule has 0 amide bonds. The summed E-state index contributed by atoms with van der Waals surface area (Å²) in [7, 11) is 10.3. The van der Waals surface area contributed by atoms with Crippen molar-refractivity contribution in [2.45, 2.75) is 48.5 Å². The third-order valence-electron chi connectivity index (χ3n) is 9.37. The molecule has 40 heavy (non-hydrogen) atoms. The lowest BCUT2D eigenvalue weighted by molar-refractivity contribution is 0.851. The molecule has 1 aliphatic carbocycles. The Morgan fingerprint density at radius 1 is 0.500 bits per heavy atom. The molecule has 0 saturated carbocycles. The highest BCUT2D eigenvalue weighted by atomic mass is 28.3. The van der Waals surface area contributed by atoms with E-state index in [4.69, 9.17) is 0 Å². The lowest BCUT2D eigenvalue weighted by Gasteiger charge is -2.45. The van der Waals surface area contributed by atoms with Crippen LogP contribution in [0.2, 0.25) is 0 Å². The zero-order chi connectivity index (χ0) is 29.7. The number of aryl methyl sites for hydroxylation is 3. The quantitative estimate of drug-likeness (QED) is 0.259. The highest BCUT2D eigenvalue weighted by molar-refractivity contribution is 7.18. The van der Waals surface area contributed by atoms with Gasteiger partial charge in [-0.25, -0.2) is 0 Å². The van der Waals surface area contributed by atoms with Gasteiger partial charge in [-0.1, -0.05) is 59.7 Å². The van der Waals surface area contributed by atoms with E-state index in [-0.39, 0.29) is 0 Å². The smallest absolute Gasteiger partial charge is 0.184 e. The maximum atomic E-state index is 2.46. The molecule has 0 aromatic heterocycles. The molecule has 3 nitrogen and oxygen atoms in total. The molecule has 3 aromatic carbocycles. The fraction of sp³-hybridized carbons (Fsp3) is 0.389. The lowest BCUT2D eigenvalue weighted by Crippen LogP contribution is -2.73. The maximum Gasteiger partial charge on any atom is 0.184 e. The molecule has 0 N–H and O–H groups in total. The molecule has 4 heteroatoms. The predicted molar refractivity (Wildman–Crippen MR) is 181 cm³/mol. The summed E-state index contributed by atoms with van der Waals surface area (Å²) in [5.74, 6) is 0.352. The summed E-state index contributed by atoms with van der Waals surface area (Å²) < 4.78 is 0. The number of allylic oxidation sites excluding steroid dienone is 4. The van der Waals surface area contributed by atoms with Gasteiger partial charge in [0.2, 0.25) is 0 Å². The van der Waals surface area contributed by atoms with Crippen LogP contribution < -0.4 is 30.3 Å². The highest BCUT2D eigenvalue weighted by Gasteiger charge is 2.53. The van der Waals surface area contributed by atoms with Gasteiger partial charge in [-0.15, -0.1) is 0 Å². The minimum atomic E-state index is -2.94. The topological polar surface area (TPSA) is 9.72 Å². The van der Waals surface area contributed by atoms with Gasteiger partial charge in [0.1, 0.15) is 0 Å². The molecule has 212 valence electrons. The highest BCUT2D eigenvalue weighted by Crippen LogP contribution is 2.44. The first kappa shape index (κ1) is 29.7. The van der Waals surface area contributed by atoms with Crippen LogP contribution in [-0.4, -0.2) is 50.4 Å². The summed E-state index contributed by atoms with van der Waals surface area (Å²) in [6.45, 7) is 16.6. The van der Waals surface area contributed by atoms with E-state index in [0.29, 0.717) is 5.92 Å². The SMILES string of the molecule is CC1=C(C)C(C)C([Si](c2c(C)cccc2N(C)C)(c2c(C)cccc2N(C)C)c2c(C)cccc2N(C)C)=C1C. The fourth-order valence-corrected chi connectivity index (χ4v) is 14.6. The van der Waals surface area contributed by atoms with Crippen LogP contribution in [-0.2, 0) is 0 Å². The van der Waals surface area contributed by atoms with Crippen LogP contribution in [0.15, 0.2) is 76.5 Å². The molecular weight excluding hydrogens is 503 g/mol. The molecule has 0 radical (unpaired) electrons. The van der Waals surface area contributed by atoms with Gasteiger partial charge >= 0.3 is 0 Å². The van der Waals surface area contributed by atoms with Crippen molar-refractivity contribution in [3.8, 4) is 0 Å². The Kier molecular flexibility index (Phi) is 8.15. The summed E-state index contributed by atoms with van der Waals surface area (Å²) in [5, 5.41) is 6.17. The van der Waals surface area contributed by atoms with Crippen LogP contribution in [0.3, 0.4) is 0 Å². The summed E-state index contributed by atoms with van der Waals surface area (Å²) >= 11 is 0. The Hall–Kier alpha value is -3.24. The normalized spacial score (nSPS) is 15.7. The average molecular weight is 552 g/mol. The van der Waals surface area contributed by atoms with Crippen LogP contribution in [0.25, 0.3) is 0 Å². The number of nitrogens with zero attached hydrogens (tertiary/aromatic N) is 3. The molecular formula is C36H49N3Si. The second kappa shape index (κ2) is 11.0. The fourth-order valence-electron chi connectivity index (χ4n) is 7.29. The van der Waals surface area contributed by atoms with E-state index in [1.165, 1.54) is 66.0 Å². The van der Waals surface area contributed by atoms with Crippen molar-refractivity contribution in [1.82, 2.24) is 0 Å². The van der Waals surface area contributed by atoms with Crippen molar-refractivity contribution in [2.24, 2.45) is 5.92 Å². The van der Waals surface area contributed by atoms with Crippen molar-refractivity contribution < 1.29 is 0 Å². The second-order valence-corrected chi connectivity index (χ2v) is 15.9. The van der Waals surface area contributed by atoms with Gasteiger partial charge in [-0.05, 0) is 103 Å². The van der Waals surface area contributed by atoms with Crippen molar-refractivity contribution in [1.29, 1.82) is 0 Å². The molecule has 0 spiro atoms. The van der Waals surface area contributed by atoms with E-state index in [2.05, 4.69) is 160 Å². The van der Waals surface area contributed by atoms with Crippen molar-refractivity contribution >= 4 is 40.7 Å². The van der Waals surface area contributed by atoms with Crippen molar-refractivity contribution in [2.75, 3.05) is 57.0 Å². The van der Waals surface area contributed by atoms with Gasteiger partial charge in [0.25, 0.3) is 0 Å². The summed E-state index contributed by atoms with van der Waals surface area (Å²) in [6, 6.07) is 20.7. The molecule has 4 rings (SSSR count). The summed E-state index contributed by atoms with van der Waals surface area (Å²) in [5.41, 5.74) is 12.5. The molecule has 0 aliphatic heterocycles. The summed E-state index contributed by atoms with van der Waals surface area (Å²) in [4.78, 5) is 7.02. The molecule has 1 aliphatic rings. The minimum absolute atomic E-state index is 0.352. The zero-order valence-corrected chi connectivity index (χ0v) is 28.1. The summed E-state index contributed by atoms with van der Waals surface area (Å²) in [6.07, 6.45) is 0. The van der Waals surface area contributed by atoms with Crippen molar-refractivity contribution in [3.05, 3.63) is 93.2 Å². The molecule has 0 bridgehead atoms. The first-order valence-electron chi connectivity index (χ1n) is 14.5. The number of anilines is 3. The van der Waals surface area contributed by atoms with Gasteiger partial charge in [0.15, 0.2) is 8.07 Å². The van der Waals surface area contributed by atoms with Crippen LogP contribution in [0.1, 0.15) is 44.4 Å². The Balaban J connectivity index is 2.49. The van der Waals surface area contributed by atoms with Crippen LogP contribution in [0.4, 0.5) is 17.1 Å². The van der Waals surface area contributed by atoms with E-state index in [9.17, 15) is 0 Å². The average Bonchev–Trinajstić information content (AvgIpc) is 3.08. The first-order chi connectivity index (χ1) is 18.8. The Labute approximate surface area is 244 Å². The van der Waals surface area contributed by atoms with Gasteiger partial charge < -0.3 is 14.7 Å². The van der Waals surface area contributed by atoms with E-state index in [0.717, 1.165) is 0 Å². The Morgan fingerprint density at radius 3 is 1.07 bits per heavy atom. The predicted octanol–water partition coefficient (Wildman–Crippen LogP) is 6.12. The standard InChI is InChI=1S/C36H49N3Si/c1-23-17-14-20-30(37(8)9)33(23)40(36-28(6)26(4)27(5)29(36)7,34-24(2)18-15-21-31(34)38(10)11)35-25(3)19-16-22-32(35)39(12)13/h14-22,28H,1-13H3. The number of benzene rings is 3. The number of hydrogen-bond acceptors (Lipinski definition) is 3. The van der Waals surface area contributed by atoms with Gasteiger partial charge in [0, 0.05) is 59.3 Å². The molecule has 0 saturated heterocycles. The van der Waals surface area contributed by atoms with Crippen LogP contribution in [0, 0.1) is 26.7 Å². The molecule has 3 aromatic rings. The number of rotatable bonds is 7. The van der Waals surface area contributed by atoms with E-state index < -0.39 is 8.07 Å². The molecule has 0 fully saturated rings. The van der Waals surface area contributed by atoms with E-state index >= 15 is 0 Å². The number of hydrogen-bond donors (Lipinski definition) is 0. The molecule has 1 atom stereocenters. The monoisotopic (exact) mass is 551 g/mol. The van der Waals surface area contributed by atoms with Gasteiger partial charge in [0.05, 0.1) is 0 Å². The minimum Gasteiger partial charge on any atom is -0.378 e. The Bertz CT molecular complexity index is 1370. The lowest BCUT2D eigenvalue weighted by atomic mass is 10.1. The van der Waals surface area contributed by atoms with Crippen molar-refractivity contribution in [3.63, 3.8) is 0 Å². The van der Waals surface area contributed by atoms with Gasteiger partial charge in [-0.3, -0.25) is 0 Å². The van der Waals surface area contributed by atoms with E-state index in [1.54, 1.807) is 5.20 Å². The van der Waals surface area contributed by atoms with Crippen LogP contribution >= 0.6 is 0 Å². The van der Waals surface area contributed by atoms with E-state index in [1.807, 2.05) is 0 Å². The second-order valence-electron chi connectivity index (χ2n) is 12.4.